The highest BCUT2D eigenvalue weighted by Crippen LogP contribution is 2.27. The number of esters is 1. The first-order valence-electron chi connectivity index (χ1n) is 28.6. The molecule has 410 valence electrons. The van der Waals surface area contributed by atoms with E-state index in [-0.39, 0.29) is 25.6 Å². The summed E-state index contributed by atoms with van der Waals surface area (Å²) in [4.78, 5) is 13.0. The number of hydrogen-bond acceptors (Lipinski definition) is 14. The van der Waals surface area contributed by atoms with Gasteiger partial charge in [-0.2, -0.15) is 0 Å². The molecule has 2 aliphatic heterocycles. The third-order valence-corrected chi connectivity index (χ3v) is 14.1. The lowest BCUT2D eigenvalue weighted by Gasteiger charge is -2.42. The van der Waals surface area contributed by atoms with E-state index in [1.165, 1.54) is 180 Å². The van der Waals surface area contributed by atoms with Crippen molar-refractivity contribution < 1.29 is 69.0 Å². The molecule has 2 rings (SSSR count). The van der Waals surface area contributed by atoms with E-state index in [4.69, 9.17) is 28.4 Å². The summed E-state index contributed by atoms with van der Waals surface area (Å²) in [7, 11) is 0. The number of unbranched alkanes of at least 4 members (excludes halogenated alkanes) is 33. The molecule has 2 fully saturated rings. The Labute approximate surface area is 419 Å². The average molecular weight is 991 g/mol. The van der Waals surface area contributed by atoms with Gasteiger partial charge in [-0.05, 0) is 12.8 Å². The topological polar surface area (TPSA) is 214 Å². The second-order valence-corrected chi connectivity index (χ2v) is 20.5. The molecule has 11 unspecified atom stereocenters. The van der Waals surface area contributed by atoms with Crippen LogP contribution < -0.4 is 0 Å². The number of rotatable bonds is 47. The standard InChI is InChI=1S/C55H106O14/c1-3-5-7-9-11-13-15-16-17-18-19-20-21-22-23-24-25-26-27-29-31-33-35-37-39-64-41-44(67-47(57)38-36-34-32-30-28-14-12-10-8-6-4-2)42-65-54-53(63)51(61)49(59)46(69-54)43-66-55-52(62)50(60)48(58)45(40-56)68-55/h44-46,48-56,58-63H,3-43H2,1-2H3. The first-order valence-corrected chi connectivity index (χ1v) is 28.6. The Kier molecular flexibility index (Phi) is 40.3. The highest BCUT2D eigenvalue weighted by atomic mass is 16.7. The van der Waals surface area contributed by atoms with Crippen molar-refractivity contribution >= 4 is 5.97 Å². The van der Waals surface area contributed by atoms with Gasteiger partial charge in [-0.1, -0.05) is 226 Å². The molecule has 0 aromatic heterocycles. The van der Waals surface area contributed by atoms with Gasteiger partial charge in [-0.25, -0.2) is 0 Å². The molecule has 0 amide bonds. The summed E-state index contributed by atoms with van der Waals surface area (Å²) in [6, 6.07) is 0. The predicted molar refractivity (Wildman–Crippen MR) is 271 cm³/mol. The van der Waals surface area contributed by atoms with Crippen LogP contribution in [0, 0.1) is 0 Å². The second-order valence-electron chi connectivity index (χ2n) is 20.5. The minimum atomic E-state index is -1.70. The molecule has 0 spiro atoms. The number of hydrogen-bond donors (Lipinski definition) is 7. The van der Waals surface area contributed by atoms with E-state index in [1.807, 2.05) is 0 Å². The van der Waals surface area contributed by atoms with E-state index in [9.17, 15) is 40.5 Å². The van der Waals surface area contributed by atoms with Gasteiger partial charge in [0.15, 0.2) is 12.6 Å². The van der Waals surface area contributed by atoms with E-state index in [0.717, 1.165) is 38.5 Å². The van der Waals surface area contributed by atoms with Gasteiger partial charge in [0.2, 0.25) is 0 Å². The SMILES string of the molecule is CCCCCCCCCCCCCCCCCCCCCCCCCCOCC(COC1OC(COC2OC(CO)C(O)C(O)C2O)C(O)C(O)C1O)OC(=O)CCCCCCCCCCCCC. The van der Waals surface area contributed by atoms with Gasteiger partial charge in [0.05, 0.1) is 26.4 Å². The number of aliphatic hydroxyl groups excluding tert-OH is 7. The monoisotopic (exact) mass is 991 g/mol. The quantitative estimate of drug-likeness (QED) is 0.0223. The summed E-state index contributed by atoms with van der Waals surface area (Å²) >= 11 is 0. The normalized spacial score (nSPS) is 25.6. The highest BCUT2D eigenvalue weighted by Gasteiger charge is 2.47. The largest absolute Gasteiger partial charge is 0.457 e. The summed E-state index contributed by atoms with van der Waals surface area (Å²) in [5.74, 6) is -0.371. The zero-order chi connectivity index (χ0) is 50.2. The maximum absolute atomic E-state index is 13.0. The van der Waals surface area contributed by atoms with E-state index in [1.54, 1.807) is 0 Å². The smallest absolute Gasteiger partial charge is 0.306 e. The van der Waals surface area contributed by atoms with Crippen LogP contribution in [-0.4, -0.2) is 142 Å². The maximum Gasteiger partial charge on any atom is 0.306 e. The molecule has 0 aliphatic carbocycles. The van der Waals surface area contributed by atoms with Crippen molar-refractivity contribution in [3.63, 3.8) is 0 Å². The van der Waals surface area contributed by atoms with Crippen molar-refractivity contribution in [1.29, 1.82) is 0 Å². The summed E-state index contributed by atoms with van der Waals surface area (Å²) in [6.45, 7) is 3.74. The number of carbonyl (C=O) groups is 1. The van der Waals surface area contributed by atoms with Crippen LogP contribution in [0.3, 0.4) is 0 Å². The number of aliphatic hydroxyl groups is 7. The molecule has 2 heterocycles. The van der Waals surface area contributed by atoms with Crippen LogP contribution in [0.25, 0.3) is 0 Å². The van der Waals surface area contributed by atoms with E-state index >= 15 is 0 Å². The van der Waals surface area contributed by atoms with Crippen molar-refractivity contribution in [3.05, 3.63) is 0 Å². The van der Waals surface area contributed by atoms with Crippen LogP contribution in [0.5, 0.6) is 0 Å². The summed E-state index contributed by atoms with van der Waals surface area (Å²) in [5.41, 5.74) is 0. The summed E-state index contributed by atoms with van der Waals surface area (Å²) in [6.07, 6.45) is 29.0. The molecule has 0 bridgehead atoms. The first-order chi connectivity index (χ1) is 33.6. The molecule has 11 atom stereocenters. The Balaban J connectivity index is 1.66. The fraction of sp³-hybridized carbons (Fsp3) is 0.982. The fourth-order valence-electron chi connectivity index (χ4n) is 9.46. The Hall–Kier alpha value is -1.01. The van der Waals surface area contributed by atoms with Crippen LogP contribution >= 0.6 is 0 Å². The van der Waals surface area contributed by atoms with Gasteiger partial charge in [0.1, 0.15) is 54.9 Å². The van der Waals surface area contributed by atoms with Crippen molar-refractivity contribution in [1.82, 2.24) is 0 Å². The zero-order valence-electron chi connectivity index (χ0n) is 43.8. The molecule has 0 saturated carbocycles. The summed E-state index contributed by atoms with van der Waals surface area (Å²) < 4.78 is 34.3. The summed E-state index contributed by atoms with van der Waals surface area (Å²) in [5, 5.41) is 72.2. The molecule has 7 N–H and O–H groups in total. The number of ether oxygens (including phenoxy) is 6. The third-order valence-electron chi connectivity index (χ3n) is 14.1. The molecule has 2 saturated heterocycles. The molecule has 69 heavy (non-hydrogen) atoms. The minimum Gasteiger partial charge on any atom is -0.457 e. The van der Waals surface area contributed by atoms with Crippen LogP contribution in [0.1, 0.15) is 245 Å². The third kappa shape index (κ3) is 30.7. The van der Waals surface area contributed by atoms with Crippen LogP contribution in [0.4, 0.5) is 0 Å². The first kappa shape index (κ1) is 64.1. The highest BCUT2D eigenvalue weighted by molar-refractivity contribution is 5.69. The van der Waals surface area contributed by atoms with Gasteiger partial charge in [0.25, 0.3) is 0 Å². The molecular weight excluding hydrogens is 885 g/mol. The van der Waals surface area contributed by atoms with Crippen molar-refractivity contribution in [2.75, 3.05) is 33.0 Å². The minimum absolute atomic E-state index is 0.0704. The fourth-order valence-corrected chi connectivity index (χ4v) is 9.46. The van der Waals surface area contributed by atoms with Gasteiger partial charge in [0, 0.05) is 13.0 Å². The van der Waals surface area contributed by atoms with Crippen molar-refractivity contribution in [2.24, 2.45) is 0 Å². The molecule has 2 aliphatic rings. The van der Waals surface area contributed by atoms with E-state index in [2.05, 4.69) is 13.8 Å². The van der Waals surface area contributed by atoms with Crippen LogP contribution in [-0.2, 0) is 33.2 Å². The maximum atomic E-state index is 13.0. The van der Waals surface area contributed by atoms with E-state index in [0.29, 0.717) is 13.0 Å². The molecular formula is C55H106O14. The number of carbonyl (C=O) groups excluding carboxylic acids is 1. The van der Waals surface area contributed by atoms with Crippen LogP contribution in [0.15, 0.2) is 0 Å². The predicted octanol–water partition coefficient (Wildman–Crippen LogP) is 9.64. The van der Waals surface area contributed by atoms with Gasteiger partial charge in [-0.3, -0.25) is 4.79 Å². The Bertz CT molecular complexity index is 1150. The lowest BCUT2D eigenvalue weighted by Crippen LogP contribution is -2.61. The van der Waals surface area contributed by atoms with Gasteiger partial charge < -0.3 is 64.2 Å². The molecule has 14 heteroatoms. The van der Waals surface area contributed by atoms with Crippen molar-refractivity contribution in [2.45, 2.75) is 313 Å². The Morgan fingerprint density at radius 1 is 0.420 bits per heavy atom. The molecule has 0 aromatic rings. The Morgan fingerprint density at radius 3 is 1.17 bits per heavy atom. The lowest BCUT2D eigenvalue weighted by atomic mass is 9.98. The lowest BCUT2D eigenvalue weighted by molar-refractivity contribution is -0.332. The van der Waals surface area contributed by atoms with Gasteiger partial charge >= 0.3 is 5.97 Å². The Morgan fingerprint density at radius 2 is 0.768 bits per heavy atom. The van der Waals surface area contributed by atoms with Crippen LogP contribution in [0.2, 0.25) is 0 Å². The average Bonchev–Trinajstić information content (AvgIpc) is 3.35. The van der Waals surface area contributed by atoms with Gasteiger partial charge in [-0.15, -0.1) is 0 Å². The molecule has 14 nitrogen and oxygen atoms in total. The van der Waals surface area contributed by atoms with E-state index < -0.39 is 80.7 Å². The van der Waals surface area contributed by atoms with Crippen molar-refractivity contribution in [3.8, 4) is 0 Å². The zero-order valence-corrected chi connectivity index (χ0v) is 43.8. The second kappa shape index (κ2) is 43.4. The molecule has 0 aromatic carbocycles. The molecule has 0 radical (unpaired) electrons.